The Kier molecular flexibility index (Phi) is 6.83. The fourth-order valence-corrected chi connectivity index (χ4v) is 3.50. The summed E-state index contributed by atoms with van der Waals surface area (Å²) in [6, 6.07) is 2.43. The summed E-state index contributed by atoms with van der Waals surface area (Å²) in [5, 5.41) is 10.4. The molecule has 0 aliphatic carbocycles. The Labute approximate surface area is 193 Å². The molecular formula is C22H24F4N4O4. The van der Waals surface area contributed by atoms with Gasteiger partial charge in [-0.3, -0.25) is 14.6 Å². The average Bonchev–Trinajstić information content (AvgIpc) is 3.12. The van der Waals surface area contributed by atoms with Crippen LogP contribution in [0.5, 0.6) is 0 Å². The molecule has 0 saturated carbocycles. The number of alkyl halides is 3. The van der Waals surface area contributed by atoms with Crippen LogP contribution in [-0.2, 0) is 15.7 Å². The third-order valence-corrected chi connectivity index (χ3v) is 5.14. The molecule has 34 heavy (non-hydrogen) atoms. The first kappa shape index (κ1) is 25.3. The highest BCUT2D eigenvalue weighted by molar-refractivity contribution is 5.98. The minimum Gasteiger partial charge on any atom is -0.444 e. The van der Waals surface area contributed by atoms with E-state index in [2.05, 4.69) is 9.97 Å². The van der Waals surface area contributed by atoms with Gasteiger partial charge >= 0.3 is 12.3 Å². The van der Waals surface area contributed by atoms with Gasteiger partial charge in [0.15, 0.2) is 0 Å². The molecule has 0 bridgehead atoms. The number of aliphatic hydroxyl groups is 1. The largest absolute Gasteiger partial charge is 0.444 e. The molecule has 0 spiro atoms. The van der Waals surface area contributed by atoms with Crippen LogP contribution in [0, 0.1) is 5.82 Å². The normalized spacial score (nSPS) is 18.7. The van der Waals surface area contributed by atoms with Gasteiger partial charge in [-0.15, -0.1) is 0 Å². The highest BCUT2D eigenvalue weighted by atomic mass is 19.4. The Balaban J connectivity index is 1.85. The maximum Gasteiger partial charge on any atom is 0.419 e. The van der Waals surface area contributed by atoms with Crippen molar-refractivity contribution < 1.29 is 37.0 Å². The van der Waals surface area contributed by atoms with E-state index in [0.717, 1.165) is 22.2 Å². The number of carbonyl (C=O) groups excluding carboxylic acids is 2. The molecule has 3 rings (SSSR count). The zero-order valence-corrected chi connectivity index (χ0v) is 18.9. The number of hydrogen-bond donors (Lipinski definition) is 1. The van der Waals surface area contributed by atoms with E-state index < -0.39 is 47.3 Å². The van der Waals surface area contributed by atoms with E-state index in [1.54, 1.807) is 20.8 Å². The van der Waals surface area contributed by atoms with Crippen molar-refractivity contribution in [2.75, 3.05) is 18.5 Å². The van der Waals surface area contributed by atoms with Gasteiger partial charge in [-0.1, -0.05) is 6.07 Å². The fraction of sp³-hybridized carbons (Fsp3) is 0.455. The summed E-state index contributed by atoms with van der Waals surface area (Å²) in [6.07, 6.45) is -5.48. The minimum absolute atomic E-state index is 0.0403. The zero-order valence-electron chi connectivity index (χ0n) is 18.9. The number of rotatable bonds is 3. The second-order valence-corrected chi connectivity index (χ2v) is 8.83. The molecule has 1 saturated heterocycles. The molecule has 0 radical (unpaired) electrons. The van der Waals surface area contributed by atoms with E-state index in [1.165, 1.54) is 13.1 Å². The van der Waals surface area contributed by atoms with Gasteiger partial charge in [0.05, 0.1) is 17.4 Å². The van der Waals surface area contributed by atoms with E-state index in [9.17, 15) is 32.3 Å². The number of carbonyl (C=O) groups is 2. The molecule has 2 aromatic rings. The Bertz CT molecular complexity index is 1090. The number of benzene rings is 1. The van der Waals surface area contributed by atoms with Gasteiger partial charge in [-0.2, -0.15) is 13.2 Å². The average molecular weight is 484 g/mol. The topological polar surface area (TPSA) is 95.9 Å². The summed E-state index contributed by atoms with van der Waals surface area (Å²) in [7, 11) is 1.36. The van der Waals surface area contributed by atoms with Crippen molar-refractivity contribution in [3.63, 3.8) is 0 Å². The molecule has 2 heterocycles. The van der Waals surface area contributed by atoms with Gasteiger partial charge < -0.3 is 9.84 Å². The molecule has 8 nitrogen and oxygen atoms in total. The van der Waals surface area contributed by atoms with Gasteiger partial charge in [0.2, 0.25) is 0 Å². The molecular weight excluding hydrogens is 460 g/mol. The first-order chi connectivity index (χ1) is 15.7. The fourth-order valence-electron chi connectivity index (χ4n) is 3.50. The van der Waals surface area contributed by atoms with Crippen molar-refractivity contribution in [1.82, 2.24) is 14.9 Å². The van der Waals surface area contributed by atoms with E-state index in [1.807, 2.05) is 0 Å². The van der Waals surface area contributed by atoms with Crippen molar-refractivity contribution in [2.24, 2.45) is 0 Å². The third kappa shape index (κ3) is 5.44. The van der Waals surface area contributed by atoms with Crippen molar-refractivity contribution >= 4 is 17.8 Å². The SMILES string of the molecule is CN(C(=O)C1C(O)CCN1C(=O)OC(C)(C)C)c1cc(-c2ccc(C(F)(F)F)c(F)c2)ncn1. The molecule has 2 atom stereocenters. The molecule has 1 aromatic heterocycles. The maximum absolute atomic E-state index is 14.0. The van der Waals surface area contributed by atoms with Crippen molar-refractivity contribution in [3.05, 3.63) is 42.0 Å². The molecule has 1 aliphatic heterocycles. The molecule has 2 unspecified atom stereocenters. The van der Waals surface area contributed by atoms with Crippen LogP contribution in [0.15, 0.2) is 30.6 Å². The maximum atomic E-state index is 14.0. The highest BCUT2D eigenvalue weighted by Crippen LogP contribution is 2.33. The zero-order chi connectivity index (χ0) is 25.4. The van der Waals surface area contributed by atoms with E-state index in [0.29, 0.717) is 12.1 Å². The molecule has 12 heteroatoms. The summed E-state index contributed by atoms with van der Waals surface area (Å²) in [6.45, 7) is 5.13. The highest BCUT2D eigenvalue weighted by Gasteiger charge is 2.44. The Morgan fingerprint density at radius 1 is 1.18 bits per heavy atom. The van der Waals surface area contributed by atoms with E-state index >= 15 is 0 Å². The van der Waals surface area contributed by atoms with Crippen LogP contribution >= 0.6 is 0 Å². The predicted octanol–water partition coefficient (Wildman–Crippen LogP) is 3.63. The Hall–Kier alpha value is -3.28. The third-order valence-electron chi connectivity index (χ3n) is 5.14. The van der Waals surface area contributed by atoms with Crippen LogP contribution in [-0.4, -0.2) is 63.3 Å². The number of ether oxygens (including phenoxy) is 1. The summed E-state index contributed by atoms with van der Waals surface area (Å²) >= 11 is 0. The summed E-state index contributed by atoms with van der Waals surface area (Å²) in [5.74, 6) is -2.07. The number of aromatic nitrogens is 2. The van der Waals surface area contributed by atoms with Crippen LogP contribution in [0.4, 0.5) is 28.2 Å². The standard InChI is InChI=1S/C22H24F4N4O4/c1-21(2,3)34-20(33)30-8-7-16(31)18(30)19(32)29(4)17-10-15(27-11-28-17)12-5-6-13(14(23)9-12)22(24,25)26/h5-6,9-11,16,18,31H,7-8H2,1-4H3. The van der Waals surface area contributed by atoms with E-state index in [-0.39, 0.29) is 30.0 Å². The van der Waals surface area contributed by atoms with Crippen LogP contribution in [0.25, 0.3) is 11.3 Å². The lowest BCUT2D eigenvalue weighted by Crippen LogP contribution is -2.52. The number of aliphatic hydroxyl groups excluding tert-OH is 1. The molecule has 184 valence electrons. The number of anilines is 1. The second kappa shape index (κ2) is 9.16. The smallest absolute Gasteiger partial charge is 0.419 e. The van der Waals surface area contributed by atoms with Gasteiger partial charge in [0.25, 0.3) is 5.91 Å². The van der Waals surface area contributed by atoms with Gasteiger partial charge in [-0.25, -0.2) is 19.2 Å². The number of amides is 2. The summed E-state index contributed by atoms with van der Waals surface area (Å²) < 4.78 is 57.8. The molecule has 1 N–H and O–H groups in total. The van der Waals surface area contributed by atoms with Crippen molar-refractivity contribution in [2.45, 2.75) is 51.1 Å². The van der Waals surface area contributed by atoms with Gasteiger partial charge in [0, 0.05) is 25.2 Å². The molecule has 1 fully saturated rings. The Morgan fingerprint density at radius 2 is 1.85 bits per heavy atom. The van der Waals surface area contributed by atoms with Gasteiger partial charge in [-0.05, 0) is 39.3 Å². The van der Waals surface area contributed by atoms with Gasteiger partial charge in [0.1, 0.15) is 29.6 Å². The number of nitrogens with zero attached hydrogens (tertiary/aromatic N) is 4. The van der Waals surface area contributed by atoms with Crippen LogP contribution in [0.1, 0.15) is 32.8 Å². The number of likely N-dealkylation sites (N-methyl/N-ethyl adjacent to an activating group) is 1. The number of likely N-dealkylation sites (tertiary alicyclic amines) is 1. The molecule has 1 aliphatic rings. The lowest BCUT2D eigenvalue weighted by atomic mass is 10.1. The van der Waals surface area contributed by atoms with Crippen LogP contribution in [0.2, 0.25) is 0 Å². The first-order valence-corrected chi connectivity index (χ1v) is 10.3. The first-order valence-electron chi connectivity index (χ1n) is 10.3. The quantitative estimate of drug-likeness (QED) is 0.669. The van der Waals surface area contributed by atoms with Crippen LogP contribution < -0.4 is 4.90 Å². The van der Waals surface area contributed by atoms with Crippen molar-refractivity contribution in [1.29, 1.82) is 0 Å². The monoisotopic (exact) mass is 484 g/mol. The number of halogens is 4. The minimum atomic E-state index is -4.84. The lowest BCUT2D eigenvalue weighted by Gasteiger charge is -2.30. The second-order valence-electron chi connectivity index (χ2n) is 8.83. The summed E-state index contributed by atoms with van der Waals surface area (Å²) in [5.41, 5.74) is -2.09. The van der Waals surface area contributed by atoms with Crippen LogP contribution in [0.3, 0.4) is 0 Å². The van der Waals surface area contributed by atoms with Crippen molar-refractivity contribution in [3.8, 4) is 11.3 Å². The predicted molar refractivity (Wildman–Crippen MR) is 113 cm³/mol. The summed E-state index contributed by atoms with van der Waals surface area (Å²) in [4.78, 5) is 35.9. The molecule has 1 aromatic carbocycles. The number of hydrogen-bond acceptors (Lipinski definition) is 6. The lowest BCUT2D eigenvalue weighted by molar-refractivity contribution is -0.140. The Morgan fingerprint density at radius 3 is 2.44 bits per heavy atom. The van der Waals surface area contributed by atoms with E-state index in [4.69, 9.17) is 4.74 Å². The molecule has 2 amide bonds.